The molecule has 0 saturated carbocycles. The van der Waals surface area contributed by atoms with E-state index in [0.717, 1.165) is 11.1 Å². The van der Waals surface area contributed by atoms with Gasteiger partial charge in [0.25, 0.3) is 5.88 Å². The van der Waals surface area contributed by atoms with E-state index < -0.39 is 30.0 Å². The third-order valence-electron chi connectivity index (χ3n) is 7.20. The zero-order chi connectivity index (χ0) is 30.5. The zero-order valence-electron chi connectivity index (χ0n) is 23.4. The van der Waals surface area contributed by atoms with E-state index in [0.29, 0.717) is 55.1 Å². The fourth-order valence-corrected chi connectivity index (χ4v) is 4.98. The van der Waals surface area contributed by atoms with E-state index in [9.17, 15) is 29.5 Å². The molecular formula is C30H30FN7O5. The van der Waals surface area contributed by atoms with Crippen molar-refractivity contribution in [3.05, 3.63) is 77.9 Å². The van der Waals surface area contributed by atoms with Gasteiger partial charge < -0.3 is 30.1 Å². The Balaban J connectivity index is 1.29. The lowest BCUT2D eigenvalue weighted by Crippen LogP contribution is -2.52. The lowest BCUT2D eigenvalue weighted by molar-refractivity contribution is -0.133. The number of aliphatic hydroxyl groups is 1. The van der Waals surface area contributed by atoms with Crippen LogP contribution in [0.2, 0.25) is 0 Å². The van der Waals surface area contributed by atoms with Gasteiger partial charge in [0, 0.05) is 56.1 Å². The maximum atomic E-state index is 13.4. The van der Waals surface area contributed by atoms with Gasteiger partial charge in [-0.1, -0.05) is 18.2 Å². The van der Waals surface area contributed by atoms with Crippen molar-refractivity contribution in [2.24, 2.45) is 0 Å². The van der Waals surface area contributed by atoms with Crippen LogP contribution in [0.1, 0.15) is 30.5 Å². The summed E-state index contributed by atoms with van der Waals surface area (Å²) in [6, 6.07) is 13.7. The van der Waals surface area contributed by atoms with Crippen molar-refractivity contribution in [3.8, 4) is 23.1 Å². The summed E-state index contributed by atoms with van der Waals surface area (Å²) in [5, 5.41) is 35.3. The average molecular weight is 588 g/mol. The van der Waals surface area contributed by atoms with E-state index in [1.807, 2.05) is 29.2 Å². The largest absolute Gasteiger partial charge is 0.476 e. The van der Waals surface area contributed by atoms with Gasteiger partial charge in [0.15, 0.2) is 0 Å². The number of carbonyl (C=O) groups is 2. The summed E-state index contributed by atoms with van der Waals surface area (Å²) in [7, 11) is 0. The third kappa shape index (κ3) is 6.49. The molecule has 5 rings (SSSR count). The number of carboxylic acid groups (broad SMARTS) is 1. The van der Waals surface area contributed by atoms with Crippen molar-refractivity contribution in [3.63, 3.8) is 0 Å². The molecule has 1 aliphatic heterocycles. The van der Waals surface area contributed by atoms with Crippen LogP contribution >= 0.6 is 0 Å². The van der Waals surface area contributed by atoms with E-state index >= 15 is 0 Å². The second-order valence-electron chi connectivity index (χ2n) is 10.1. The van der Waals surface area contributed by atoms with Crippen molar-refractivity contribution < 1.29 is 28.9 Å². The van der Waals surface area contributed by atoms with E-state index in [1.165, 1.54) is 24.3 Å². The van der Waals surface area contributed by atoms with Crippen LogP contribution in [0, 0.1) is 17.1 Å². The Morgan fingerprint density at radius 1 is 1.14 bits per heavy atom. The third-order valence-corrected chi connectivity index (χ3v) is 7.20. The van der Waals surface area contributed by atoms with Crippen LogP contribution in [0.4, 0.5) is 15.0 Å². The Bertz CT molecular complexity index is 1640. The maximum Gasteiger partial charge on any atom is 0.405 e. The smallest absolute Gasteiger partial charge is 0.405 e. The number of piperazine rings is 1. The number of rotatable bonds is 9. The lowest BCUT2D eigenvalue weighted by atomic mass is 10.0. The molecule has 12 nitrogen and oxygen atoms in total. The number of anilines is 1. The normalized spacial score (nSPS) is 14.7. The summed E-state index contributed by atoms with van der Waals surface area (Å²) >= 11 is 0. The van der Waals surface area contributed by atoms with Gasteiger partial charge >= 0.3 is 6.09 Å². The number of pyridine rings is 2. The van der Waals surface area contributed by atoms with E-state index in [2.05, 4.69) is 21.5 Å². The summed E-state index contributed by atoms with van der Waals surface area (Å²) < 4.78 is 20.7. The Morgan fingerprint density at radius 3 is 2.51 bits per heavy atom. The summed E-state index contributed by atoms with van der Waals surface area (Å²) in [6.45, 7) is 3.54. The van der Waals surface area contributed by atoms with Crippen molar-refractivity contribution >= 4 is 23.3 Å². The SMILES string of the molecule is CC(O)CCOc1nn2cccc(-c3ccc(N4CCN(C(=O)C(NC(=O)O)c5ccc(F)cc5)CC4)nc3)c2c1C#N. The van der Waals surface area contributed by atoms with E-state index in [4.69, 9.17) is 4.74 Å². The number of nitriles is 1. The minimum Gasteiger partial charge on any atom is -0.476 e. The number of hydrogen-bond acceptors (Lipinski definition) is 8. The number of nitrogens with zero attached hydrogens (tertiary/aromatic N) is 6. The number of halogens is 1. The summed E-state index contributed by atoms with van der Waals surface area (Å²) in [6.07, 6.45) is 1.98. The lowest BCUT2D eigenvalue weighted by Gasteiger charge is -2.37. The number of aromatic nitrogens is 3. The van der Waals surface area contributed by atoms with Gasteiger partial charge in [-0.05, 0) is 42.8 Å². The highest BCUT2D eigenvalue weighted by Gasteiger charge is 2.30. The zero-order valence-corrected chi connectivity index (χ0v) is 23.4. The molecule has 222 valence electrons. The van der Waals surface area contributed by atoms with Crippen LogP contribution in [0.15, 0.2) is 60.9 Å². The van der Waals surface area contributed by atoms with Gasteiger partial charge in [-0.2, -0.15) is 5.26 Å². The molecular weight excluding hydrogens is 557 g/mol. The molecule has 1 saturated heterocycles. The summed E-state index contributed by atoms with van der Waals surface area (Å²) in [5.41, 5.74) is 2.77. The van der Waals surface area contributed by atoms with Gasteiger partial charge in [0.1, 0.15) is 29.3 Å². The highest BCUT2D eigenvalue weighted by molar-refractivity contribution is 5.87. The molecule has 0 spiro atoms. The van der Waals surface area contributed by atoms with Crippen molar-refractivity contribution in [2.45, 2.75) is 25.5 Å². The van der Waals surface area contributed by atoms with Gasteiger partial charge in [0.2, 0.25) is 5.91 Å². The summed E-state index contributed by atoms with van der Waals surface area (Å²) in [4.78, 5) is 32.9. The first-order valence-corrected chi connectivity index (χ1v) is 13.7. The molecule has 4 heterocycles. The summed E-state index contributed by atoms with van der Waals surface area (Å²) in [5.74, 6) is 0.0198. The van der Waals surface area contributed by atoms with Gasteiger partial charge in [-0.25, -0.2) is 18.7 Å². The topological polar surface area (TPSA) is 156 Å². The maximum absolute atomic E-state index is 13.4. The molecule has 2 atom stereocenters. The second-order valence-corrected chi connectivity index (χ2v) is 10.1. The number of ether oxygens (including phenoxy) is 1. The first-order chi connectivity index (χ1) is 20.7. The molecule has 2 amide bonds. The van der Waals surface area contributed by atoms with Crippen LogP contribution in [-0.2, 0) is 4.79 Å². The first kappa shape index (κ1) is 29.3. The van der Waals surface area contributed by atoms with Crippen LogP contribution in [0.3, 0.4) is 0 Å². The monoisotopic (exact) mass is 587 g/mol. The van der Waals surface area contributed by atoms with Gasteiger partial charge in [0.05, 0.1) is 18.2 Å². The molecule has 13 heteroatoms. The van der Waals surface area contributed by atoms with E-state index in [1.54, 1.807) is 28.7 Å². The number of nitrogens with one attached hydrogen (secondary N) is 1. The van der Waals surface area contributed by atoms with Crippen molar-refractivity contribution in [1.82, 2.24) is 24.8 Å². The number of amides is 2. The molecule has 0 aliphatic carbocycles. The Hall–Kier alpha value is -5.22. The first-order valence-electron chi connectivity index (χ1n) is 13.7. The fourth-order valence-electron chi connectivity index (χ4n) is 4.98. The highest BCUT2D eigenvalue weighted by atomic mass is 19.1. The predicted octanol–water partition coefficient (Wildman–Crippen LogP) is 3.21. The van der Waals surface area contributed by atoms with Gasteiger partial charge in [-0.3, -0.25) is 4.79 Å². The van der Waals surface area contributed by atoms with Gasteiger partial charge in [-0.15, -0.1) is 5.10 Å². The molecule has 1 fully saturated rings. The standard InChI is InChI=1S/C30H30FN7O5/c1-19(39)10-16-43-28-24(17-32)27-23(3-2-11-38(27)35-28)21-6-9-25(33-18-21)36-12-14-37(15-13-36)29(40)26(34-30(41)42)20-4-7-22(31)8-5-20/h2-9,11,18-19,26,34,39H,10,12-16H2,1H3,(H,41,42). The van der Waals surface area contributed by atoms with Crippen molar-refractivity contribution in [1.29, 1.82) is 5.26 Å². The molecule has 4 aromatic rings. The number of benzene rings is 1. The molecule has 0 bridgehead atoms. The minimum absolute atomic E-state index is 0.202. The molecule has 2 unspecified atom stereocenters. The fraction of sp³-hybridized carbons (Fsp3) is 0.300. The number of carbonyl (C=O) groups excluding carboxylic acids is 1. The average Bonchev–Trinajstić information content (AvgIpc) is 3.37. The molecule has 1 aromatic carbocycles. The van der Waals surface area contributed by atoms with Crippen LogP contribution in [0.25, 0.3) is 16.6 Å². The Labute approximate surface area is 246 Å². The van der Waals surface area contributed by atoms with E-state index in [-0.39, 0.29) is 12.5 Å². The van der Waals surface area contributed by atoms with Crippen molar-refractivity contribution in [2.75, 3.05) is 37.7 Å². The van der Waals surface area contributed by atoms with Crippen LogP contribution in [-0.4, -0.2) is 80.6 Å². The number of fused-ring (bicyclic) bond motifs is 1. The van der Waals surface area contributed by atoms with Crippen LogP contribution < -0.4 is 15.0 Å². The predicted molar refractivity (Wildman–Crippen MR) is 154 cm³/mol. The molecule has 43 heavy (non-hydrogen) atoms. The number of aliphatic hydroxyl groups excluding tert-OH is 1. The Morgan fingerprint density at radius 2 is 1.88 bits per heavy atom. The van der Waals surface area contributed by atoms with Crippen LogP contribution in [0.5, 0.6) is 5.88 Å². The quantitative estimate of drug-likeness (QED) is 0.268. The second kappa shape index (κ2) is 12.7. The number of hydrogen-bond donors (Lipinski definition) is 3. The molecule has 3 N–H and O–H groups in total. The minimum atomic E-state index is -1.35. The highest BCUT2D eigenvalue weighted by Crippen LogP contribution is 2.32. The molecule has 0 radical (unpaired) electrons. The molecule has 3 aromatic heterocycles. The molecule has 1 aliphatic rings. The Kier molecular flexibility index (Phi) is 8.68.